The number of fused-ring (bicyclic) bond motifs is 1. The van der Waals surface area contributed by atoms with Gasteiger partial charge in [0.25, 0.3) is 11.5 Å². The molecule has 0 spiro atoms. The van der Waals surface area contributed by atoms with Crippen LogP contribution < -0.4 is 15.6 Å². The number of rotatable bonds is 8. The number of nitrogens with zero attached hydrogens (tertiary/aromatic N) is 6. The molecule has 172 valence electrons. The van der Waals surface area contributed by atoms with Crippen LogP contribution in [-0.2, 0) is 11.4 Å². The Morgan fingerprint density at radius 1 is 1.32 bits per heavy atom. The minimum Gasteiger partial charge on any atom is -0.487 e. The largest absolute Gasteiger partial charge is 0.487 e. The maximum Gasteiger partial charge on any atom is 0.275 e. The highest BCUT2D eigenvalue weighted by Gasteiger charge is 2.13. The Bertz CT molecular complexity index is 1470. The van der Waals surface area contributed by atoms with Crippen molar-refractivity contribution in [1.82, 2.24) is 24.0 Å². The number of aromatic nitrogens is 5. The van der Waals surface area contributed by atoms with E-state index in [1.807, 2.05) is 19.9 Å². The van der Waals surface area contributed by atoms with E-state index in [-0.39, 0.29) is 17.7 Å². The van der Waals surface area contributed by atoms with Gasteiger partial charge >= 0.3 is 0 Å². The number of thioether (sulfide) groups is 1. The smallest absolute Gasteiger partial charge is 0.275 e. The van der Waals surface area contributed by atoms with Crippen LogP contribution in [-0.4, -0.2) is 35.6 Å². The maximum atomic E-state index is 12.4. The molecular formula is C21H17N7O3S3. The van der Waals surface area contributed by atoms with Crippen molar-refractivity contribution in [2.75, 3.05) is 11.1 Å². The lowest BCUT2D eigenvalue weighted by Crippen LogP contribution is -2.16. The molecule has 1 amide bonds. The number of anilines is 1. The van der Waals surface area contributed by atoms with E-state index < -0.39 is 5.91 Å². The number of hydrogen-bond acceptors (Lipinski definition) is 11. The molecule has 1 aromatic carbocycles. The number of carbonyl (C=O) groups excluding carboxylic acids is 1. The van der Waals surface area contributed by atoms with Crippen molar-refractivity contribution in [3.63, 3.8) is 0 Å². The summed E-state index contributed by atoms with van der Waals surface area (Å²) in [7, 11) is 0. The normalized spacial score (nSPS) is 11.4. The molecule has 3 aromatic heterocycles. The molecule has 10 nitrogen and oxygen atoms in total. The maximum absolute atomic E-state index is 12.4. The van der Waals surface area contributed by atoms with Crippen molar-refractivity contribution in [2.45, 2.75) is 25.6 Å². The van der Waals surface area contributed by atoms with E-state index in [0.29, 0.717) is 32.3 Å². The van der Waals surface area contributed by atoms with Gasteiger partial charge in [-0.3, -0.25) is 14.9 Å². The summed E-state index contributed by atoms with van der Waals surface area (Å²) in [6, 6.07) is 10.2. The Morgan fingerprint density at radius 3 is 2.85 bits per heavy atom. The van der Waals surface area contributed by atoms with Crippen LogP contribution in [0.3, 0.4) is 0 Å². The van der Waals surface area contributed by atoms with Gasteiger partial charge in [0.15, 0.2) is 0 Å². The lowest BCUT2D eigenvalue weighted by atomic mass is 10.1. The molecule has 0 aliphatic carbocycles. The average molecular weight is 512 g/mol. The van der Waals surface area contributed by atoms with E-state index >= 15 is 0 Å². The van der Waals surface area contributed by atoms with Crippen LogP contribution in [0.5, 0.6) is 5.75 Å². The molecule has 13 heteroatoms. The van der Waals surface area contributed by atoms with Gasteiger partial charge < -0.3 is 4.74 Å². The summed E-state index contributed by atoms with van der Waals surface area (Å²) in [5.41, 5.74) is 0.825. The average Bonchev–Trinajstić information content (AvgIpc) is 3.42. The fraction of sp³-hybridized carbons (Fsp3) is 0.190. The van der Waals surface area contributed by atoms with E-state index in [9.17, 15) is 14.9 Å². The number of aryl methyl sites for hydroxylation is 1. The zero-order valence-electron chi connectivity index (χ0n) is 18.0. The van der Waals surface area contributed by atoms with Crippen LogP contribution in [0.25, 0.3) is 11.0 Å². The second-order valence-electron chi connectivity index (χ2n) is 6.70. The molecule has 1 N–H and O–H groups in total. The standard InChI is InChI=1S/C21H17N7O3S3/c1-3-32-20-25-19(34-27-20)24-18(30)14(10-22)8-13-4-6-16(7-5-13)31-11-15-9-17(29)28-21(23-15)33-12(2)26-28/h4-9H,3,11H2,1-2H3,(H,24,25,27,30)/b14-8-. The third-order valence-electron chi connectivity index (χ3n) is 4.24. The second-order valence-corrected chi connectivity index (χ2v) is 9.84. The van der Waals surface area contributed by atoms with Crippen LogP contribution in [0.2, 0.25) is 0 Å². The lowest BCUT2D eigenvalue weighted by molar-refractivity contribution is -0.112. The zero-order chi connectivity index (χ0) is 24.1. The first-order chi connectivity index (χ1) is 16.4. The molecule has 0 aliphatic rings. The number of nitrogens with one attached hydrogen (secondary N) is 1. The number of hydrogen-bond donors (Lipinski definition) is 1. The lowest BCUT2D eigenvalue weighted by Gasteiger charge is -2.06. The Kier molecular flexibility index (Phi) is 7.31. The minimum atomic E-state index is -0.557. The molecule has 4 aromatic rings. The highest BCUT2D eigenvalue weighted by Crippen LogP contribution is 2.21. The SMILES string of the molecule is CCSc1nsc(NC(=O)/C(C#N)=C\c2ccc(OCc3cc(=O)n4nc(C)sc4n3)cc2)n1. The number of carbonyl (C=O) groups is 1. The summed E-state index contributed by atoms with van der Waals surface area (Å²) in [5, 5.41) is 17.8. The molecule has 0 aliphatic heterocycles. The van der Waals surface area contributed by atoms with Gasteiger partial charge in [-0.2, -0.15) is 24.2 Å². The molecule has 3 heterocycles. The Hall–Kier alpha value is -3.60. The van der Waals surface area contributed by atoms with Crippen molar-refractivity contribution in [3.05, 3.63) is 62.5 Å². The summed E-state index contributed by atoms with van der Waals surface area (Å²) in [4.78, 5) is 33.7. The van der Waals surface area contributed by atoms with E-state index in [0.717, 1.165) is 22.3 Å². The molecule has 4 rings (SSSR count). The van der Waals surface area contributed by atoms with Gasteiger partial charge in [0.2, 0.25) is 15.2 Å². The van der Waals surface area contributed by atoms with E-state index in [4.69, 9.17) is 4.74 Å². The number of ether oxygens (including phenoxy) is 1. The van der Waals surface area contributed by atoms with Crippen molar-refractivity contribution < 1.29 is 9.53 Å². The first kappa shape index (κ1) is 23.6. The predicted molar refractivity (Wildman–Crippen MR) is 131 cm³/mol. The first-order valence-electron chi connectivity index (χ1n) is 9.94. The van der Waals surface area contributed by atoms with Crippen LogP contribution in [0, 0.1) is 18.3 Å². The van der Waals surface area contributed by atoms with Crippen molar-refractivity contribution in [3.8, 4) is 11.8 Å². The van der Waals surface area contributed by atoms with Gasteiger partial charge in [-0.25, -0.2) is 4.98 Å². The van der Waals surface area contributed by atoms with Crippen molar-refractivity contribution >= 4 is 56.7 Å². The summed E-state index contributed by atoms with van der Waals surface area (Å²) in [6.45, 7) is 3.91. The molecule has 0 radical (unpaired) electrons. The first-order valence-corrected chi connectivity index (χ1v) is 12.5. The van der Waals surface area contributed by atoms with Gasteiger partial charge in [0, 0.05) is 17.6 Å². The van der Waals surface area contributed by atoms with Gasteiger partial charge in [0.1, 0.15) is 29.0 Å². The van der Waals surface area contributed by atoms with E-state index in [1.165, 1.54) is 39.8 Å². The summed E-state index contributed by atoms with van der Waals surface area (Å²) in [5.74, 6) is 0.819. The van der Waals surface area contributed by atoms with Crippen LogP contribution in [0.1, 0.15) is 23.2 Å². The van der Waals surface area contributed by atoms with Crippen LogP contribution in [0.4, 0.5) is 5.13 Å². The van der Waals surface area contributed by atoms with Gasteiger partial charge in [-0.1, -0.05) is 42.2 Å². The fourth-order valence-corrected chi connectivity index (χ4v) is 4.80. The van der Waals surface area contributed by atoms with Crippen molar-refractivity contribution in [2.24, 2.45) is 0 Å². The van der Waals surface area contributed by atoms with Gasteiger partial charge in [0.05, 0.1) is 5.69 Å². The van der Waals surface area contributed by atoms with Crippen molar-refractivity contribution in [1.29, 1.82) is 5.26 Å². The quantitative estimate of drug-likeness (QED) is 0.214. The minimum absolute atomic E-state index is 0.0635. The number of nitriles is 1. The topological polar surface area (TPSA) is 135 Å². The molecule has 0 saturated carbocycles. The molecule has 0 bridgehead atoms. The number of benzene rings is 1. The highest BCUT2D eigenvalue weighted by molar-refractivity contribution is 7.99. The van der Waals surface area contributed by atoms with Gasteiger partial charge in [-0.05, 0) is 36.4 Å². The highest BCUT2D eigenvalue weighted by atomic mass is 32.2. The summed E-state index contributed by atoms with van der Waals surface area (Å²) < 4.78 is 11.1. The third-order valence-corrected chi connectivity index (χ3v) is 6.54. The summed E-state index contributed by atoms with van der Waals surface area (Å²) in [6.07, 6.45) is 1.48. The zero-order valence-corrected chi connectivity index (χ0v) is 20.5. The molecule has 0 saturated heterocycles. The third kappa shape index (κ3) is 5.66. The van der Waals surface area contributed by atoms with Crippen LogP contribution in [0.15, 0.2) is 45.9 Å². The Labute approximate surface area is 206 Å². The molecular weight excluding hydrogens is 494 g/mol. The van der Waals surface area contributed by atoms with E-state index in [1.54, 1.807) is 24.3 Å². The Morgan fingerprint density at radius 2 is 2.12 bits per heavy atom. The van der Waals surface area contributed by atoms with Crippen LogP contribution >= 0.6 is 34.6 Å². The predicted octanol–water partition coefficient (Wildman–Crippen LogP) is 3.55. The van der Waals surface area contributed by atoms with E-state index in [2.05, 4.69) is 24.8 Å². The molecule has 0 fully saturated rings. The monoisotopic (exact) mass is 511 g/mol. The molecule has 0 unspecified atom stereocenters. The Balaban J connectivity index is 1.40. The second kappa shape index (κ2) is 10.6. The fourth-order valence-electron chi connectivity index (χ4n) is 2.77. The summed E-state index contributed by atoms with van der Waals surface area (Å²) >= 11 is 3.86. The number of amides is 1. The van der Waals surface area contributed by atoms with Gasteiger partial charge in [-0.15, -0.1) is 0 Å². The molecule has 0 atom stereocenters. The molecule has 34 heavy (non-hydrogen) atoms.